The average Bonchev–Trinajstić information content (AvgIpc) is 2.96. The standard InChI is InChI=1S/C21H28N4/c1-21(2,3)24-20(22)23-14-16-8-10-17(11-9-16)15-25-13-12-18-6-4-5-7-19(18)25/h4-11H,12-15H2,1-3H3,(H3,22,23,24). The number of anilines is 1. The van der Waals surface area contributed by atoms with Crippen LogP contribution in [0.25, 0.3) is 0 Å². The molecule has 0 saturated carbocycles. The first-order valence-electron chi connectivity index (χ1n) is 8.89. The van der Waals surface area contributed by atoms with E-state index in [2.05, 4.69) is 84.5 Å². The highest BCUT2D eigenvalue weighted by atomic mass is 15.1. The molecule has 0 radical (unpaired) electrons. The molecule has 4 nitrogen and oxygen atoms in total. The Kier molecular flexibility index (Phi) is 4.98. The molecule has 1 aliphatic rings. The SMILES string of the molecule is CC(C)(C)NC(N)=NCc1ccc(CN2CCc3ccccc32)cc1. The van der Waals surface area contributed by atoms with Gasteiger partial charge in [0.05, 0.1) is 6.54 Å². The monoisotopic (exact) mass is 336 g/mol. The molecule has 0 unspecified atom stereocenters. The van der Waals surface area contributed by atoms with Crippen LogP contribution in [-0.4, -0.2) is 18.0 Å². The van der Waals surface area contributed by atoms with Gasteiger partial charge in [0.25, 0.3) is 0 Å². The van der Waals surface area contributed by atoms with E-state index in [0.717, 1.165) is 19.5 Å². The van der Waals surface area contributed by atoms with Crippen LogP contribution in [0.3, 0.4) is 0 Å². The molecule has 1 heterocycles. The van der Waals surface area contributed by atoms with Gasteiger partial charge in [-0.25, -0.2) is 4.99 Å². The number of rotatable bonds is 4. The van der Waals surface area contributed by atoms with E-state index in [9.17, 15) is 0 Å². The van der Waals surface area contributed by atoms with Gasteiger partial charge >= 0.3 is 0 Å². The van der Waals surface area contributed by atoms with E-state index in [-0.39, 0.29) is 5.54 Å². The van der Waals surface area contributed by atoms with E-state index in [4.69, 9.17) is 5.73 Å². The third kappa shape index (κ3) is 4.75. The molecule has 3 rings (SSSR count). The second kappa shape index (κ2) is 7.18. The van der Waals surface area contributed by atoms with Crippen LogP contribution in [0.15, 0.2) is 53.5 Å². The first kappa shape index (κ1) is 17.3. The van der Waals surface area contributed by atoms with Gasteiger partial charge in [-0.2, -0.15) is 0 Å². The van der Waals surface area contributed by atoms with E-state index < -0.39 is 0 Å². The normalized spacial score (nSPS) is 14.5. The molecular weight excluding hydrogens is 308 g/mol. The third-order valence-corrected chi connectivity index (χ3v) is 4.31. The van der Waals surface area contributed by atoms with Crippen molar-refractivity contribution < 1.29 is 0 Å². The lowest BCUT2D eigenvalue weighted by atomic mass is 10.1. The van der Waals surface area contributed by atoms with Crippen molar-refractivity contribution in [1.29, 1.82) is 0 Å². The lowest BCUT2D eigenvalue weighted by Gasteiger charge is -2.21. The number of nitrogens with zero attached hydrogens (tertiary/aromatic N) is 2. The van der Waals surface area contributed by atoms with Gasteiger partial charge in [-0.05, 0) is 49.9 Å². The van der Waals surface area contributed by atoms with Crippen LogP contribution < -0.4 is 16.0 Å². The van der Waals surface area contributed by atoms with Crippen molar-refractivity contribution in [2.24, 2.45) is 10.7 Å². The van der Waals surface area contributed by atoms with Gasteiger partial charge in [0.15, 0.2) is 5.96 Å². The summed E-state index contributed by atoms with van der Waals surface area (Å²) in [6.45, 7) is 8.86. The Labute approximate surface area is 150 Å². The maximum absolute atomic E-state index is 5.92. The fraction of sp³-hybridized carbons (Fsp3) is 0.381. The lowest BCUT2D eigenvalue weighted by molar-refractivity contribution is 0.508. The summed E-state index contributed by atoms with van der Waals surface area (Å²) in [5, 5.41) is 3.18. The summed E-state index contributed by atoms with van der Waals surface area (Å²) < 4.78 is 0. The Bertz CT molecular complexity index is 741. The Hall–Kier alpha value is -2.49. The van der Waals surface area contributed by atoms with Gasteiger partial charge in [0, 0.05) is 24.3 Å². The molecule has 0 aliphatic carbocycles. The quantitative estimate of drug-likeness (QED) is 0.664. The number of benzene rings is 2. The maximum atomic E-state index is 5.92. The maximum Gasteiger partial charge on any atom is 0.189 e. The van der Waals surface area contributed by atoms with Crippen molar-refractivity contribution in [2.45, 2.75) is 45.8 Å². The molecule has 0 atom stereocenters. The molecule has 4 heteroatoms. The van der Waals surface area contributed by atoms with E-state index >= 15 is 0 Å². The second-order valence-electron chi connectivity index (χ2n) is 7.69. The van der Waals surface area contributed by atoms with Crippen LogP contribution in [-0.2, 0) is 19.5 Å². The van der Waals surface area contributed by atoms with Gasteiger partial charge in [0.2, 0.25) is 0 Å². The molecule has 0 aromatic heterocycles. The summed E-state index contributed by atoms with van der Waals surface area (Å²) >= 11 is 0. The van der Waals surface area contributed by atoms with Gasteiger partial charge in [-0.15, -0.1) is 0 Å². The van der Waals surface area contributed by atoms with E-state index in [1.165, 1.54) is 22.4 Å². The van der Waals surface area contributed by atoms with Crippen LogP contribution in [0.4, 0.5) is 5.69 Å². The Balaban J connectivity index is 1.59. The fourth-order valence-electron chi connectivity index (χ4n) is 3.14. The number of fused-ring (bicyclic) bond motifs is 1. The molecule has 0 saturated heterocycles. The van der Waals surface area contributed by atoms with Crippen molar-refractivity contribution in [2.75, 3.05) is 11.4 Å². The zero-order chi connectivity index (χ0) is 17.9. The minimum absolute atomic E-state index is 0.0660. The predicted octanol–water partition coefficient (Wildman–Crippen LogP) is 3.45. The predicted molar refractivity (Wildman–Crippen MR) is 106 cm³/mol. The summed E-state index contributed by atoms with van der Waals surface area (Å²) in [5.41, 5.74) is 11.2. The molecule has 0 bridgehead atoms. The van der Waals surface area contributed by atoms with Gasteiger partial charge in [-0.3, -0.25) is 0 Å². The number of aliphatic imine (C=N–C) groups is 1. The van der Waals surface area contributed by atoms with Crippen LogP contribution in [0.1, 0.15) is 37.5 Å². The summed E-state index contributed by atoms with van der Waals surface area (Å²) in [7, 11) is 0. The van der Waals surface area contributed by atoms with Crippen LogP contribution in [0.5, 0.6) is 0 Å². The van der Waals surface area contributed by atoms with Gasteiger partial charge in [-0.1, -0.05) is 42.5 Å². The molecule has 132 valence electrons. The largest absolute Gasteiger partial charge is 0.370 e. The highest BCUT2D eigenvalue weighted by molar-refractivity contribution is 5.78. The molecule has 1 aliphatic heterocycles. The summed E-state index contributed by atoms with van der Waals surface area (Å²) in [5.74, 6) is 0.491. The molecule has 2 aromatic carbocycles. The number of hydrogen-bond acceptors (Lipinski definition) is 2. The Morgan fingerprint density at radius 2 is 1.76 bits per heavy atom. The topological polar surface area (TPSA) is 53.6 Å². The van der Waals surface area contributed by atoms with Crippen LogP contribution in [0.2, 0.25) is 0 Å². The van der Waals surface area contributed by atoms with Gasteiger partial charge in [0.1, 0.15) is 0 Å². The van der Waals surface area contributed by atoms with E-state index in [1.807, 2.05) is 0 Å². The summed E-state index contributed by atoms with van der Waals surface area (Å²) in [6, 6.07) is 17.4. The molecule has 25 heavy (non-hydrogen) atoms. The zero-order valence-corrected chi connectivity index (χ0v) is 15.4. The third-order valence-electron chi connectivity index (χ3n) is 4.31. The van der Waals surface area contributed by atoms with Crippen LogP contribution >= 0.6 is 0 Å². The summed E-state index contributed by atoms with van der Waals surface area (Å²) in [4.78, 5) is 6.87. The minimum atomic E-state index is -0.0660. The zero-order valence-electron chi connectivity index (χ0n) is 15.4. The first-order valence-corrected chi connectivity index (χ1v) is 8.89. The van der Waals surface area contributed by atoms with Crippen molar-refractivity contribution in [3.8, 4) is 0 Å². The summed E-state index contributed by atoms with van der Waals surface area (Å²) in [6.07, 6.45) is 1.14. The van der Waals surface area contributed by atoms with E-state index in [0.29, 0.717) is 12.5 Å². The lowest BCUT2D eigenvalue weighted by Crippen LogP contribution is -2.44. The molecular formula is C21H28N4. The number of hydrogen-bond donors (Lipinski definition) is 2. The van der Waals surface area contributed by atoms with Gasteiger partial charge < -0.3 is 16.0 Å². The molecule has 2 aromatic rings. The van der Waals surface area contributed by atoms with Crippen LogP contribution in [0, 0.1) is 0 Å². The molecule has 0 spiro atoms. The number of para-hydroxylation sites is 1. The van der Waals surface area contributed by atoms with Crippen molar-refractivity contribution in [3.05, 3.63) is 65.2 Å². The first-order chi connectivity index (χ1) is 11.9. The highest BCUT2D eigenvalue weighted by Crippen LogP contribution is 2.28. The smallest absolute Gasteiger partial charge is 0.189 e. The molecule has 3 N–H and O–H groups in total. The average molecular weight is 336 g/mol. The number of nitrogens with one attached hydrogen (secondary N) is 1. The van der Waals surface area contributed by atoms with Crippen molar-refractivity contribution >= 4 is 11.6 Å². The van der Waals surface area contributed by atoms with Crippen molar-refractivity contribution in [1.82, 2.24) is 5.32 Å². The number of guanidine groups is 1. The Morgan fingerprint density at radius 1 is 1.08 bits per heavy atom. The highest BCUT2D eigenvalue weighted by Gasteiger charge is 2.18. The second-order valence-corrected chi connectivity index (χ2v) is 7.69. The molecule has 0 fully saturated rings. The molecule has 0 amide bonds. The minimum Gasteiger partial charge on any atom is -0.370 e. The van der Waals surface area contributed by atoms with E-state index in [1.54, 1.807) is 0 Å². The Morgan fingerprint density at radius 3 is 2.48 bits per heavy atom. The number of nitrogens with two attached hydrogens (primary N) is 1. The van der Waals surface area contributed by atoms with Crippen molar-refractivity contribution in [3.63, 3.8) is 0 Å². The fourth-order valence-corrected chi connectivity index (χ4v) is 3.14.